The minimum Gasteiger partial charge on any atom is -0.456 e. The minimum absolute atomic E-state index is 0.117. The van der Waals surface area contributed by atoms with Crippen molar-refractivity contribution in [3.8, 4) is 0 Å². The third-order valence-corrected chi connectivity index (χ3v) is 2.76. The van der Waals surface area contributed by atoms with Crippen molar-refractivity contribution in [2.24, 2.45) is 0 Å². The molecule has 4 heteroatoms. The van der Waals surface area contributed by atoms with Gasteiger partial charge in [-0.25, -0.2) is 4.79 Å². The summed E-state index contributed by atoms with van der Waals surface area (Å²) in [6.45, 7) is 3.47. The van der Waals surface area contributed by atoms with Gasteiger partial charge in [0.25, 0.3) is 0 Å². The molecule has 0 aliphatic carbocycles. The van der Waals surface area contributed by atoms with Crippen molar-refractivity contribution < 1.29 is 19.1 Å². The Hall–Kier alpha value is -1.84. The number of carbonyl (C=O) groups is 2. The van der Waals surface area contributed by atoms with Crippen LogP contribution in [0.15, 0.2) is 30.3 Å². The fraction of sp³-hybridized carbons (Fsp3) is 0.385. The van der Waals surface area contributed by atoms with E-state index in [4.69, 9.17) is 9.47 Å². The van der Waals surface area contributed by atoms with E-state index in [1.807, 2.05) is 6.07 Å². The summed E-state index contributed by atoms with van der Waals surface area (Å²) in [6.07, 6.45) is -0.409. The second kappa shape index (κ2) is 4.20. The van der Waals surface area contributed by atoms with Crippen molar-refractivity contribution in [3.05, 3.63) is 35.9 Å². The molecule has 0 spiro atoms. The van der Waals surface area contributed by atoms with E-state index in [2.05, 4.69) is 0 Å². The smallest absolute Gasteiger partial charge is 0.338 e. The Bertz CT molecular complexity index is 436. The standard InChI is InChI=1S/C13H14O4/c1-13(2)10(8-11(14)17-13)16-12(15)9-6-4-3-5-7-9/h3-7,10H,8H2,1-2H3. The van der Waals surface area contributed by atoms with Gasteiger partial charge in [-0.05, 0) is 26.0 Å². The number of hydrogen-bond donors (Lipinski definition) is 0. The molecule has 1 atom stereocenters. The average Bonchev–Trinajstić information content (AvgIpc) is 2.53. The number of ether oxygens (including phenoxy) is 2. The molecule has 1 aliphatic rings. The van der Waals surface area contributed by atoms with E-state index in [1.165, 1.54) is 0 Å². The molecule has 90 valence electrons. The third kappa shape index (κ3) is 2.46. The van der Waals surface area contributed by atoms with Gasteiger partial charge in [-0.2, -0.15) is 0 Å². The second-order valence-corrected chi connectivity index (χ2v) is 4.54. The first-order valence-electron chi connectivity index (χ1n) is 5.47. The van der Waals surface area contributed by atoms with E-state index < -0.39 is 17.7 Å². The zero-order valence-electron chi connectivity index (χ0n) is 9.80. The molecule has 0 bridgehead atoms. The summed E-state index contributed by atoms with van der Waals surface area (Å²) >= 11 is 0. The van der Waals surface area contributed by atoms with Crippen LogP contribution in [0.2, 0.25) is 0 Å². The topological polar surface area (TPSA) is 52.6 Å². The van der Waals surface area contributed by atoms with Crippen LogP contribution in [0.4, 0.5) is 0 Å². The van der Waals surface area contributed by atoms with Crippen LogP contribution in [0, 0.1) is 0 Å². The molecule has 4 nitrogen and oxygen atoms in total. The highest BCUT2D eigenvalue weighted by Crippen LogP contribution is 2.29. The molecule has 17 heavy (non-hydrogen) atoms. The molecule has 0 amide bonds. The molecule has 1 fully saturated rings. The van der Waals surface area contributed by atoms with Gasteiger partial charge in [-0.15, -0.1) is 0 Å². The maximum absolute atomic E-state index is 11.8. The molecule has 0 aromatic heterocycles. The van der Waals surface area contributed by atoms with Gasteiger partial charge in [0.1, 0.15) is 5.60 Å². The SMILES string of the molecule is CC1(C)OC(=O)CC1OC(=O)c1ccccc1. The average molecular weight is 234 g/mol. The Morgan fingerprint density at radius 3 is 2.53 bits per heavy atom. The molecule has 1 aliphatic heterocycles. The molecule has 1 aromatic rings. The fourth-order valence-corrected chi connectivity index (χ4v) is 1.75. The molecular weight excluding hydrogens is 220 g/mol. The van der Waals surface area contributed by atoms with Gasteiger partial charge in [0.15, 0.2) is 6.10 Å². The Balaban J connectivity index is 2.07. The molecule has 1 saturated heterocycles. The molecular formula is C13H14O4. The molecule has 0 radical (unpaired) electrons. The van der Waals surface area contributed by atoms with Crippen molar-refractivity contribution >= 4 is 11.9 Å². The van der Waals surface area contributed by atoms with Gasteiger partial charge in [0.05, 0.1) is 12.0 Å². The number of esters is 2. The first-order chi connectivity index (χ1) is 7.99. The molecule has 2 rings (SSSR count). The van der Waals surface area contributed by atoms with E-state index in [0.717, 1.165) is 0 Å². The number of cyclic esters (lactones) is 1. The summed E-state index contributed by atoms with van der Waals surface area (Å²) in [4.78, 5) is 23.0. The summed E-state index contributed by atoms with van der Waals surface area (Å²) in [7, 11) is 0. The quantitative estimate of drug-likeness (QED) is 0.734. The van der Waals surface area contributed by atoms with Crippen molar-refractivity contribution in [3.63, 3.8) is 0 Å². The number of carbonyl (C=O) groups excluding carboxylic acids is 2. The van der Waals surface area contributed by atoms with Gasteiger partial charge in [0.2, 0.25) is 0 Å². The summed E-state index contributed by atoms with van der Waals surface area (Å²) in [5.74, 6) is -0.761. The molecule has 1 aromatic carbocycles. The lowest BCUT2D eigenvalue weighted by Crippen LogP contribution is -2.35. The maximum atomic E-state index is 11.8. The number of benzene rings is 1. The Morgan fingerprint density at radius 2 is 2.00 bits per heavy atom. The Labute approximate surface area is 99.5 Å². The normalized spacial score (nSPS) is 22.0. The zero-order valence-corrected chi connectivity index (χ0v) is 9.80. The molecule has 1 heterocycles. The van der Waals surface area contributed by atoms with Crippen LogP contribution in [-0.2, 0) is 14.3 Å². The highest BCUT2D eigenvalue weighted by molar-refractivity contribution is 5.89. The Morgan fingerprint density at radius 1 is 1.35 bits per heavy atom. The first-order valence-corrected chi connectivity index (χ1v) is 5.47. The largest absolute Gasteiger partial charge is 0.456 e. The maximum Gasteiger partial charge on any atom is 0.338 e. The van der Waals surface area contributed by atoms with Crippen molar-refractivity contribution in [1.82, 2.24) is 0 Å². The van der Waals surface area contributed by atoms with Crippen molar-refractivity contribution in [1.29, 1.82) is 0 Å². The van der Waals surface area contributed by atoms with Crippen LogP contribution in [0.1, 0.15) is 30.6 Å². The summed E-state index contributed by atoms with van der Waals surface area (Å²) in [6, 6.07) is 8.69. The zero-order chi connectivity index (χ0) is 12.5. The van der Waals surface area contributed by atoms with Gasteiger partial charge >= 0.3 is 11.9 Å². The van der Waals surface area contributed by atoms with Gasteiger partial charge < -0.3 is 9.47 Å². The molecule has 0 saturated carbocycles. The van der Waals surface area contributed by atoms with E-state index in [9.17, 15) is 9.59 Å². The molecule has 0 N–H and O–H groups in total. The minimum atomic E-state index is -0.748. The summed E-state index contributed by atoms with van der Waals surface area (Å²) in [5.41, 5.74) is -0.274. The van der Waals surface area contributed by atoms with E-state index in [0.29, 0.717) is 5.56 Å². The third-order valence-electron chi connectivity index (χ3n) is 2.76. The number of hydrogen-bond acceptors (Lipinski definition) is 4. The van der Waals surface area contributed by atoms with Gasteiger partial charge in [-0.1, -0.05) is 18.2 Å². The van der Waals surface area contributed by atoms with Crippen molar-refractivity contribution in [2.75, 3.05) is 0 Å². The highest BCUT2D eigenvalue weighted by atomic mass is 16.6. The van der Waals surface area contributed by atoms with Crippen LogP contribution < -0.4 is 0 Å². The van der Waals surface area contributed by atoms with Crippen molar-refractivity contribution in [2.45, 2.75) is 32.0 Å². The lowest BCUT2D eigenvalue weighted by atomic mass is 10.0. The van der Waals surface area contributed by atoms with E-state index >= 15 is 0 Å². The van der Waals surface area contributed by atoms with Crippen LogP contribution >= 0.6 is 0 Å². The van der Waals surface area contributed by atoms with Gasteiger partial charge in [-0.3, -0.25) is 4.79 Å². The summed E-state index contributed by atoms with van der Waals surface area (Å²) < 4.78 is 10.4. The predicted molar refractivity (Wildman–Crippen MR) is 60.4 cm³/mol. The fourth-order valence-electron chi connectivity index (χ4n) is 1.75. The van der Waals surface area contributed by atoms with Gasteiger partial charge in [0, 0.05) is 0 Å². The van der Waals surface area contributed by atoms with E-state index in [1.54, 1.807) is 38.1 Å². The monoisotopic (exact) mass is 234 g/mol. The predicted octanol–water partition coefficient (Wildman–Crippen LogP) is 1.94. The first kappa shape index (κ1) is 11.6. The number of rotatable bonds is 2. The Kier molecular flexibility index (Phi) is 2.88. The molecule has 1 unspecified atom stereocenters. The summed E-state index contributed by atoms with van der Waals surface area (Å²) in [5, 5.41) is 0. The lowest BCUT2D eigenvalue weighted by molar-refractivity contribution is -0.147. The van der Waals surface area contributed by atoms with Crippen LogP contribution in [0.5, 0.6) is 0 Å². The van der Waals surface area contributed by atoms with E-state index in [-0.39, 0.29) is 12.4 Å². The second-order valence-electron chi connectivity index (χ2n) is 4.54. The van der Waals surface area contributed by atoms with Crippen LogP contribution in [0.3, 0.4) is 0 Å². The van der Waals surface area contributed by atoms with Crippen LogP contribution in [-0.4, -0.2) is 23.6 Å². The lowest BCUT2D eigenvalue weighted by Gasteiger charge is -2.24. The van der Waals surface area contributed by atoms with Crippen LogP contribution in [0.25, 0.3) is 0 Å². The highest BCUT2D eigenvalue weighted by Gasteiger charge is 2.44.